The smallest absolute Gasteiger partial charge is 0.333 e. The molecular formula is C44H49N5O9S. The Balaban J connectivity index is 1.18. The summed E-state index contributed by atoms with van der Waals surface area (Å²) in [6.45, 7) is 10.9. The van der Waals surface area contributed by atoms with Gasteiger partial charge in [0.1, 0.15) is 18.1 Å². The molecule has 9 heterocycles. The highest BCUT2D eigenvalue weighted by molar-refractivity contribution is 7.99. The number of aromatic nitrogens is 1. The highest BCUT2D eigenvalue weighted by Crippen LogP contribution is 2.71. The molecule has 15 heteroatoms. The topological polar surface area (TPSA) is 170 Å². The molecule has 3 saturated heterocycles. The van der Waals surface area contributed by atoms with Gasteiger partial charge in [-0.25, -0.2) is 4.79 Å². The number of phenolic OH excluding ortho intramolecular Hbond substituents is 1. The molecule has 8 aliphatic heterocycles. The zero-order valence-electron chi connectivity index (χ0n) is 34.2. The molecular weight excluding hydrogens is 775 g/mol. The van der Waals surface area contributed by atoms with Gasteiger partial charge in [0.25, 0.3) is 0 Å². The van der Waals surface area contributed by atoms with Crippen LogP contribution in [0.5, 0.6) is 34.5 Å². The minimum atomic E-state index is -1.33. The van der Waals surface area contributed by atoms with Crippen LogP contribution in [0.3, 0.4) is 0 Å². The van der Waals surface area contributed by atoms with E-state index in [0.29, 0.717) is 48.1 Å². The summed E-state index contributed by atoms with van der Waals surface area (Å²) in [6.07, 6.45) is 1.37. The van der Waals surface area contributed by atoms with Crippen molar-refractivity contribution in [2.45, 2.75) is 93.5 Å². The van der Waals surface area contributed by atoms with Crippen molar-refractivity contribution in [1.82, 2.24) is 20.1 Å². The highest BCUT2D eigenvalue weighted by Gasteiger charge is 2.71. The van der Waals surface area contributed by atoms with Crippen LogP contribution in [0.1, 0.15) is 89.2 Å². The van der Waals surface area contributed by atoms with Gasteiger partial charge in [-0.2, -0.15) is 0 Å². The van der Waals surface area contributed by atoms with Gasteiger partial charge in [0.2, 0.25) is 6.79 Å². The number of nitrogens with zero attached hydrogens (tertiary/aromatic N) is 2. The third-order valence-corrected chi connectivity index (χ3v) is 16.0. The first-order valence-corrected chi connectivity index (χ1v) is 21.4. The number of benzene rings is 3. The Morgan fingerprint density at radius 1 is 1.07 bits per heavy atom. The number of nitrogens with one attached hydrogen (secondary N) is 2. The summed E-state index contributed by atoms with van der Waals surface area (Å²) in [5.41, 5.74) is 12.1. The normalized spacial score (nSPS) is 32.4. The Kier molecular flexibility index (Phi) is 7.88. The van der Waals surface area contributed by atoms with Crippen LogP contribution >= 0.6 is 11.8 Å². The standard InChI is InChI=1S/C44H49N5O9S/c1-19-10-26-29(34(51)35(19)54-7)32-33-39-31-30(38-37(56-18-57-38)20(2)36(31)58-21(3)50)28(49(33)42(4)15-43(26,5)48(32)16-42)14-55-41(52)44(17-59-39)40-25(11-22(13-45)47-44)24-12-23(53-6)8-9-27(24)46-40/h8-10,12,22,28,32-33,39,46-47,51H,11,13-18,45H2,1-7H3/t22-,28-,32+,33+,39+,42?,43?,44+/m0/s1. The molecule has 8 atom stereocenters. The SMILES string of the molecule is COc1ccc2[nH]c3c(c2c1)C[C@@H](CN)N[C@]31CS[C@@H]2c3c(OC(C)=O)c(C)c4c(c3[C@H](COC1=O)N1[C@@H]2[C@H]2c3c(cc(C)c(OC)c3O)C3(C)CC1(C)CN23)OCO4. The number of carbonyl (C=O) groups excluding carboxylic acids is 2. The Bertz CT molecular complexity index is 2540. The van der Waals surface area contributed by atoms with Crippen LogP contribution in [0.2, 0.25) is 0 Å². The third kappa shape index (κ3) is 4.68. The quantitative estimate of drug-likeness (QED) is 0.160. The zero-order valence-corrected chi connectivity index (χ0v) is 35.1. The molecule has 0 radical (unpaired) electrons. The average Bonchev–Trinajstić information content (AvgIpc) is 3.95. The molecule has 3 aromatic carbocycles. The predicted octanol–water partition coefficient (Wildman–Crippen LogP) is 5.03. The van der Waals surface area contributed by atoms with E-state index < -0.39 is 39.8 Å². The summed E-state index contributed by atoms with van der Waals surface area (Å²) in [5.74, 6) is 2.24. The van der Waals surface area contributed by atoms with Crippen molar-refractivity contribution >= 4 is 34.6 Å². The van der Waals surface area contributed by atoms with E-state index in [-0.39, 0.29) is 43.0 Å². The fourth-order valence-corrected chi connectivity index (χ4v) is 14.1. The lowest BCUT2D eigenvalue weighted by Crippen LogP contribution is -2.67. The first-order chi connectivity index (χ1) is 28.3. The molecule has 1 spiro atoms. The van der Waals surface area contributed by atoms with E-state index in [1.54, 1.807) is 26.0 Å². The molecule has 4 aromatic rings. The van der Waals surface area contributed by atoms with Gasteiger partial charge in [-0.1, -0.05) is 0 Å². The number of aryl methyl sites for hydroxylation is 1. The molecule has 8 aliphatic rings. The number of nitrogens with two attached hydrogens (primary N) is 1. The van der Waals surface area contributed by atoms with Crippen molar-refractivity contribution in [3.8, 4) is 34.5 Å². The van der Waals surface area contributed by atoms with Gasteiger partial charge in [0.05, 0.1) is 37.2 Å². The second-order valence-electron chi connectivity index (χ2n) is 17.8. The van der Waals surface area contributed by atoms with Crippen molar-refractivity contribution < 1.29 is 43.1 Å². The van der Waals surface area contributed by atoms with Crippen LogP contribution in [-0.4, -0.2) is 95.9 Å². The molecule has 0 aliphatic carbocycles. The summed E-state index contributed by atoms with van der Waals surface area (Å²) < 4.78 is 37.0. The number of rotatable bonds is 4. The number of thioether (sulfide) groups is 1. The van der Waals surface area contributed by atoms with E-state index in [1.165, 1.54) is 6.92 Å². The van der Waals surface area contributed by atoms with Gasteiger partial charge in [0, 0.05) is 82.1 Å². The van der Waals surface area contributed by atoms with Crippen LogP contribution in [0.15, 0.2) is 24.3 Å². The zero-order chi connectivity index (χ0) is 41.1. The maximum absolute atomic E-state index is 15.2. The molecule has 2 unspecified atom stereocenters. The summed E-state index contributed by atoms with van der Waals surface area (Å²) in [4.78, 5) is 37.1. The number of hydrogen-bond donors (Lipinski definition) is 4. The first-order valence-electron chi connectivity index (χ1n) is 20.3. The summed E-state index contributed by atoms with van der Waals surface area (Å²) in [7, 11) is 3.24. The van der Waals surface area contributed by atoms with Crippen molar-refractivity contribution in [2.24, 2.45) is 5.73 Å². The molecule has 59 heavy (non-hydrogen) atoms. The van der Waals surface area contributed by atoms with Crippen LogP contribution in [-0.2, 0) is 31.8 Å². The number of carbonyl (C=O) groups is 2. The average molecular weight is 824 g/mol. The minimum absolute atomic E-state index is 0.00741. The van der Waals surface area contributed by atoms with Crippen LogP contribution in [0, 0.1) is 13.8 Å². The lowest BCUT2D eigenvalue weighted by molar-refractivity contribution is -0.158. The maximum atomic E-state index is 15.2. The number of methoxy groups -OCH3 is 2. The minimum Gasteiger partial charge on any atom is -0.504 e. The van der Waals surface area contributed by atoms with Gasteiger partial charge >= 0.3 is 11.9 Å². The number of piperazine rings is 1. The monoisotopic (exact) mass is 823 g/mol. The molecule has 0 amide bonds. The molecule has 12 rings (SSSR count). The van der Waals surface area contributed by atoms with E-state index in [9.17, 15) is 9.90 Å². The molecule has 310 valence electrons. The van der Waals surface area contributed by atoms with Crippen molar-refractivity contribution in [3.63, 3.8) is 0 Å². The van der Waals surface area contributed by atoms with E-state index in [1.807, 2.05) is 32.0 Å². The molecule has 4 bridgehead atoms. The number of H-pyrrole nitrogens is 1. The fraction of sp³-hybridized carbons (Fsp3) is 0.500. The van der Waals surface area contributed by atoms with Crippen molar-refractivity contribution in [2.75, 3.05) is 46.5 Å². The number of aromatic amines is 1. The highest BCUT2D eigenvalue weighted by atomic mass is 32.2. The van der Waals surface area contributed by atoms with E-state index in [4.69, 9.17) is 34.2 Å². The van der Waals surface area contributed by atoms with Gasteiger partial charge in [-0.15, -0.1) is 11.8 Å². The summed E-state index contributed by atoms with van der Waals surface area (Å²) in [5, 5.41) is 16.5. The number of ether oxygens (including phenoxy) is 6. The van der Waals surface area contributed by atoms with Crippen molar-refractivity contribution in [1.29, 1.82) is 0 Å². The molecule has 0 saturated carbocycles. The largest absolute Gasteiger partial charge is 0.504 e. The van der Waals surface area contributed by atoms with Crippen molar-refractivity contribution in [3.05, 3.63) is 68.9 Å². The Hall–Kier alpha value is -4.67. The second-order valence-corrected chi connectivity index (χ2v) is 18.9. The van der Waals surface area contributed by atoms with Crippen LogP contribution < -0.4 is 34.7 Å². The molecule has 3 fully saturated rings. The predicted molar refractivity (Wildman–Crippen MR) is 219 cm³/mol. The molecule has 5 N–H and O–H groups in total. The first kappa shape index (κ1) is 37.3. The van der Waals surface area contributed by atoms with Crippen LogP contribution in [0.25, 0.3) is 10.9 Å². The lowest BCUT2D eigenvalue weighted by atomic mass is 9.72. The number of phenols is 1. The number of aromatic hydroxyl groups is 1. The Morgan fingerprint density at radius 3 is 2.61 bits per heavy atom. The lowest BCUT2D eigenvalue weighted by Gasteiger charge is -2.60. The van der Waals surface area contributed by atoms with Gasteiger partial charge < -0.3 is 44.2 Å². The third-order valence-electron chi connectivity index (χ3n) is 14.5. The van der Waals surface area contributed by atoms with E-state index >= 15 is 4.79 Å². The Labute approximate surface area is 345 Å². The Morgan fingerprint density at radius 2 is 1.86 bits per heavy atom. The molecule has 14 nitrogen and oxygen atoms in total. The van der Waals surface area contributed by atoms with Gasteiger partial charge in [0.15, 0.2) is 28.5 Å². The number of esters is 2. The maximum Gasteiger partial charge on any atom is 0.333 e. The summed E-state index contributed by atoms with van der Waals surface area (Å²) >= 11 is 1.63. The van der Waals surface area contributed by atoms with E-state index in [2.05, 4.69) is 40.0 Å². The number of fused-ring (bicyclic) bond motifs is 11. The molecule has 1 aromatic heterocycles. The van der Waals surface area contributed by atoms with E-state index in [0.717, 1.165) is 62.1 Å². The summed E-state index contributed by atoms with van der Waals surface area (Å²) in [6, 6.07) is 6.71. The van der Waals surface area contributed by atoms with Gasteiger partial charge in [-0.3, -0.25) is 19.9 Å². The van der Waals surface area contributed by atoms with Crippen LogP contribution in [0.4, 0.5) is 0 Å². The van der Waals surface area contributed by atoms with Gasteiger partial charge in [-0.05, 0) is 81.5 Å². The number of hydrogen-bond acceptors (Lipinski definition) is 14. The second kappa shape index (κ2) is 12.4. The fourth-order valence-electron chi connectivity index (χ4n) is 12.5.